The SMILES string of the molecule is CN1CCN(NC(=O)C(Cc2ccc(Cl)cc2)N2C(=O)/C(=C/c3c(Cl)ccc(Cl)c3Cl)SC2=S)CC1. The Balaban J connectivity index is 1.63. The number of hydrogen-bond donors (Lipinski definition) is 1. The maximum absolute atomic E-state index is 13.6. The molecule has 1 atom stereocenters. The van der Waals surface area contributed by atoms with Gasteiger partial charge >= 0.3 is 0 Å². The maximum Gasteiger partial charge on any atom is 0.266 e. The van der Waals surface area contributed by atoms with E-state index in [0.717, 1.165) is 30.4 Å². The molecule has 0 aliphatic carbocycles. The van der Waals surface area contributed by atoms with Crippen LogP contribution in [0.15, 0.2) is 41.3 Å². The Morgan fingerprint density at radius 3 is 2.36 bits per heavy atom. The molecule has 0 radical (unpaired) electrons. The molecular formula is C24H22Cl4N4O2S2. The normalized spacial score (nSPS) is 19.2. The number of rotatable bonds is 6. The van der Waals surface area contributed by atoms with E-state index in [9.17, 15) is 9.59 Å². The number of amides is 2. The van der Waals surface area contributed by atoms with Crippen molar-refractivity contribution >= 4 is 92.6 Å². The molecule has 1 unspecified atom stereocenters. The van der Waals surface area contributed by atoms with Gasteiger partial charge in [0, 0.05) is 48.2 Å². The Morgan fingerprint density at radius 2 is 1.69 bits per heavy atom. The Kier molecular flexibility index (Phi) is 9.23. The zero-order chi connectivity index (χ0) is 26.0. The summed E-state index contributed by atoms with van der Waals surface area (Å²) in [6.07, 6.45) is 1.82. The third-order valence-corrected chi connectivity index (χ3v) is 8.64. The van der Waals surface area contributed by atoms with Crippen LogP contribution in [0.3, 0.4) is 0 Å². The first-order valence-corrected chi connectivity index (χ1v) is 13.8. The molecule has 2 saturated heterocycles. The molecule has 2 amide bonds. The molecule has 12 heteroatoms. The first-order valence-electron chi connectivity index (χ1n) is 11.0. The standard InChI is InChI=1S/C24H22Cl4N4O2S2/c1-30-8-10-31(11-9-30)29-22(33)19(12-14-2-4-15(25)5-3-14)32-23(34)20(36-24(32)35)13-16-17(26)6-7-18(27)21(16)28/h2-7,13,19H,8-12H2,1H3,(H,29,33)/b20-13-. The highest BCUT2D eigenvalue weighted by Gasteiger charge is 2.41. The minimum atomic E-state index is -0.866. The molecule has 2 heterocycles. The highest BCUT2D eigenvalue weighted by Crippen LogP contribution is 2.39. The molecule has 36 heavy (non-hydrogen) atoms. The maximum atomic E-state index is 13.6. The molecule has 2 aliphatic heterocycles. The van der Waals surface area contributed by atoms with Crippen LogP contribution in [0.5, 0.6) is 0 Å². The fourth-order valence-electron chi connectivity index (χ4n) is 3.85. The third-order valence-electron chi connectivity index (χ3n) is 5.91. The zero-order valence-electron chi connectivity index (χ0n) is 19.1. The van der Waals surface area contributed by atoms with Crippen molar-refractivity contribution in [3.63, 3.8) is 0 Å². The summed E-state index contributed by atoms with van der Waals surface area (Å²) in [5.41, 5.74) is 4.24. The number of hydrogen-bond acceptors (Lipinski definition) is 6. The third kappa shape index (κ3) is 6.37. The second kappa shape index (κ2) is 12.0. The molecule has 2 aromatic carbocycles. The first-order chi connectivity index (χ1) is 17.1. The molecular weight excluding hydrogens is 582 g/mol. The van der Waals surface area contributed by atoms with E-state index in [4.69, 9.17) is 58.6 Å². The van der Waals surface area contributed by atoms with Gasteiger partial charge in [0.2, 0.25) is 0 Å². The van der Waals surface area contributed by atoms with Gasteiger partial charge in [-0.15, -0.1) is 0 Å². The Labute approximate surface area is 239 Å². The van der Waals surface area contributed by atoms with E-state index < -0.39 is 11.9 Å². The van der Waals surface area contributed by atoms with Crippen molar-refractivity contribution in [1.29, 1.82) is 0 Å². The van der Waals surface area contributed by atoms with Crippen molar-refractivity contribution in [3.05, 3.63) is 72.5 Å². The minimum absolute atomic E-state index is 0.236. The predicted molar refractivity (Wildman–Crippen MR) is 153 cm³/mol. The molecule has 0 spiro atoms. The van der Waals surface area contributed by atoms with Gasteiger partial charge in [0.1, 0.15) is 10.4 Å². The number of halogens is 4. The quantitative estimate of drug-likeness (QED) is 0.271. The van der Waals surface area contributed by atoms with Crippen LogP contribution < -0.4 is 5.43 Å². The Bertz CT molecular complexity index is 1220. The number of benzene rings is 2. The van der Waals surface area contributed by atoms with Crippen LogP contribution in [0.1, 0.15) is 11.1 Å². The van der Waals surface area contributed by atoms with Crippen LogP contribution in [0.2, 0.25) is 20.1 Å². The van der Waals surface area contributed by atoms with Crippen LogP contribution in [0.25, 0.3) is 6.08 Å². The van der Waals surface area contributed by atoms with E-state index in [1.54, 1.807) is 30.3 Å². The molecule has 1 N–H and O–H groups in total. The van der Waals surface area contributed by atoms with Crippen LogP contribution in [0, 0.1) is 0 Å². The lowest BCUT2D eigenvalue weighted by atomic mass is 10.0. The van der Waals surface area contributed by atoms with Gasteiger partial charge < -0.3 is 4.90 Å². The van der Waals surface area contributed by atoms with E-state index in [1.807, 2.05) is 24.2 Å². The van der Waals surface area contributed by atoms with Crippen LogP contribution in [-0.4, -0.2) is 70.2 Å². The van der Waals surface area contributed by atoms with E-state index in [0.29, 0.717) is 38.6 Å². The van der Waals surface area contributed by atoms with Crippen molar-refractivity contribution < 1.29 is 9.59 Å². The number of piperazine rings is 1. The molecule has 2 aliphatic rings. The lowest BCUT2D eigenvalue weighted by Gasteiger charge is -2.34. The number of nitrogens with one attached hydrogen (secondary N) is 1. The summed E-state index contributed by atoms with van der Waals surface area (Å²) in [7, 11) is 2.04. The fourth-order valence-corrected chi connectivity index (χ4v) is 5.96. The van der Waals surface area contributed by atoms with Crippen molar-refractivity contribution in [2.45, 2.75) is 12.5 Å². The van der Waals surface area contributed by atoms with Gasteiger partial charge in [0.15, 0.2) is 0 Å². The molecule has 2 aromatic rings. The molecule has 2 fully saturated rings. The number of carbonyl (C=O) groups is 2. The number of likely N-dealkylation sites (N-methyl/N-ethyl adjacent to an activating group) is 1. The average Bonchev–Trinajstić information content (AvgIpc) is 3.12. The van der Waals surface area contributed by atoms with Gasteiger partial charge in [-0.1, -0.05) is 82.5 Å². The van der Waals surface area contributed by atoms with E-state index in [2.05, 4.69) is 10.3 Å². The summed E-state index contributed by atoms with van der Waals surface area (Å²) in [6.45, 7) is 3.01. The second-order valence-corrected chi connectivity index (χ2v) is 11.7. The van der Waals surface area contributed by atoms with Gasteiger partial charge in [-0.25, -0.2) is 5.01 Å². The number of hydrazine groups is 1. The summed E-state index contributed by atoms with van der Waals surface area (Å²) < 4.78 is 0.271. The summed E-state index contributed by atoms with van der Waals surface area (Å²) in [5.74, 6) is -0.713. The summed E-state index contributed by atoms with van der Waals surface area (Å²) in [6, 6.07) is 9.48. The predicted octanol–water partition coefficient (Wildman–Crippen LogP) is 5.39. The van der Waals surface area contributed by atoms with E-state index >= 15 is 0 Å². The molecule has 4 rings (SSSR count). The smallest absolute Gasteiger partial charge is 0.266 e. The van der Waals surface area contributed by atoms with E-state index in [1.165, 1.54) is 4.90 Å². The number of nitrogens with zero attached hydrogens (tertiary/aromatic N) is 3. The van der Waals surface area contributed by atoms with Crippen LogP contribution in [-0.2, 0) is 16.0 Å². The summed E-state index contributed by atoms with van der Waals surface area (Å²) >= 11 is 31.5. The van der Waals surface area contributed by atoms with Gasteiger partial charge in [0.05, 0.1) is 15.0 Å². The Morgan fingerprint density at radius 1 is 1.06 bits per heavy atom. The monoisotopic (exact) mass is 602 g/mol. The largest absolute Gasteiger partial charge is 0.304 e. The zero-order valence-corrected chi connectivity index (χ0v) is 23.8. The van der Waals surface area contributed by atoms with Crippen molar-refractivity contribution in [3.8, 4) is 0 Å². The summed E-state index contributed by atoms with van der Waals surface area (Å²) in [5, 5.41) is 3.35. The fraction of sp³-hybridized carbons (Fsp3) is 0.292. The highest BCUT2D eigenvalue weighted by atomic mass is 35.5. The van der Waals surface area contributed by atoms with Gasteiger partial charge in [-0.05, 0) is 43.0 Å². The minimum Gasteiger partial charge on any atom is -0.304 e. The Hall–Kier alpha value is -1.36. The van der Waals surface area contributed by atoms with Crippen LogP contribution >= 0.6 is 70.4 Å². The molecule has 6 nitrogen and oxygen atoms in total. The van der Waals surface area contributed by atoms with Crippen molar-refractivity contribution in [1.82, 2.24) is 20.2 Å². The van der Waals surface area contributed by atoms with Gasteiger partial charge in [-0.3, -0.25) is 19.9 Å². The molecule has 0 bridgehead atoms. The second-order valence-electron chi connectivity index (χ2n) is 8.42. The van der Waals surface area contributed by atoms with Crippen molar-refractivity contribution in [2.24, 2.45) is 0 Å². The van der Waals surface area contributed by atoms with Gasteiger partial charge in [-0.2, -0.15) is 0 Å². The summed E-state index contributed by atoms with van der Waals surface area (Å²) in [4.78, 5) is 30.9. The molecule has 0 saturated carbocycles. The lowest BCUT2D eigenvalue weighted by Crippen LogP contribution is -2.58. The lowest BCUT2D eigenvalue weighted by molar-refractivity contribution is -0.136. The van der Waals surface area contributed by atoms with E-state index in [-0.39, 0.29) is 21.7 Å². The first kappa shape index (κ1) is 27.7. The number of thiocarbonyl (C=S) groups is 1. The number of carbonyl (C=O) groups excluding carboxylic acids is 2. The highest BCUT2D eigenvalue weighted by molar-refractivity contribution is 8.26. The molecule has 190 valence electrons. The van der Waals surface area contributed by atoms with Gasteiger partial charge in [0.25, 0.3) is 11.8 Å². The average molecular weight is 604 g/mol. The van der Waals surface area contributed by atoms with Crippen molar-refractivity contribution in [2.75, 3.05) is 33.2 Å². The number of thioether (sulfide) groups is 1. The topological polar surface area (TPSA) is 55.9 Å². The molecule has 0 aromatic heterocycles. The van der Waals surface area contributed by atoms with Crippen LogP contribution in [0.4, 0.5) is 0 Å².